The highest BCUT2D eigenvalue weighted by molar-refractivity contribution is 7.27. The summed E-state index contributed by atoms with van der Waals surface area (Å²) in [5.41, 5.74) is 16.3. The fourth-order valence-electron chi connectivity index (χ4n) is 11.4. The Morgan fingerprint density at radius 3 is 1.16 bits per heavy atom. The Kier molecular flexibility index (Phi) is 10.00. The largest absolute Gasteiger partial charge is 0.309 e. The first-order chi connectivity index (χ1) is 37.2. The minimum Gasteiger partial charge on any atom is -0.309 e. The molecular weight excluding hydrogens is 931 g/mol. The average Bonchev–Trinajstić information content (AvgIpc) is 4.31. The topological polar surface area (TPSA) is 48.5 Å². The highest BCUT2D eigenvalue weighted by Crippen LogP contribution is 2.50. The fourth-order valence-corrected chi connectivity index (χ4v) is 12.8. The maximum Gasteiger partial charge on any atom is 0.164 e. The lowest BCUT2D eigenvalue weighted by atomic mass is 9.92. The fraction of sp³-hybridized carbons (Fsp3) is 0. The van der Waals surface area contributed by atoms with Gasteiger partial charge in [0.1, 0.15) is 0 Å². The molecule has 0 bridgehead atoms. The maximum atomic E-state index is 5.35. The van der Waals surface area contributed by atoms with Crippen molar-refractivity contribution in [1.29, 1.82) is 0 Å². The summed E-state index contributed by atoms with van der Waals surface area (Å²) >= 11 is 1.92. The van der Waals surface area contributed by atoms with Gasteiger partial charge < -0.3 is 9.13 Å². The number of thiophene rings is 1. The lowest BCUT2D eigenvalue weighted by Gasteiger charge is -2.21. The second kappa shape index (κ2) is 17.5. The summed E-state index contributed by atoms with van der Waals surface area (Å²) in [6.07, 6.45) is 0. The van der Waals surface area contributed by atoms with Gasteiger partial charge >= 0.3 is 0 Å². The summed E-state index contributed by atoms with van der Waals surface area (Å²) in [5.74, 6) is 1.83. The van der Waals surface area contributed by atoms with Gasteiger partial charge in [0, 0.05) is 75.2 Å². The van der Waals surface area contributed by atoms with Crippen LogP contribution in [0.25, 0.3) is 143 Å². The lowest BCUT2D eigenvalue weighted by Crippen LogP contribution is -2.04. The van der Waals surface area contributed by atoms with Crippen LogP contribution in [0.3, 0.4) is 0 Å². The van der Waals surface area contributed by atoms with Crippen molar-refractivity contribution >= 4 is 75.1 Å². The number of benzene rings is 11. The van der Waals surface area contributed by atoms with Crippen molar-refractivity contribution < 1.29 is 0 Å². The molecule has 0 spiro atoms. The molecule has 4 heterocycles. The number of aromatic nitrogens is 5. The first-order valence-corrected chi connectivity index (χ1v) is 26.2. The van der Waals surface area contributed by atoms with Gasteiger partial charge in [0.05, 0.1) is 27.8 Å². The molecule has 15 rings (SSSR count). The van der Waals surface area contributed by atoms with Crippen LogP contribution in [-0.4, -0.2) is 24.1 Å². The van der Waals surface area contributed by atoms with E-state index in [0.717, 1.165) is 72.5 Å². The van der Waals surface area contributed by atoms with E-state index >= 15 is 0 Å². The Labute approximate surface area is 436 Å². The molecule has 350 valence electrons. The molecule has 5 nitrogen and oxygen atoms in total. The van der Waals surface area contributed by atoms with Crippen LogP contribution in [0.1, 0.15) is 0 Å². The van der Waals surface area contributed by atoms with Crippen LogP contribution in [0.15, 0.2) is 261 Å². The molecule has 0 radical (unpaired) electrons. The Morgan fingerprint density at radius 1 is 0.267 bits per heavy atom. The third-order valence-electron chi connectivity index (χ3n) is 14.8. The van der Waals surface area contributed by atoms with Gasteiger partial charge in [-0.2, -0.15) is 0 Å². The van der Waals surface area contributed by atoms with Crippen molar-refractivity contribution in [1.82, 2.24) is 24.1 Å². The highest BCUT2D eigenvalue weighted by atomic mass is 32.1. The highest BCUT2D eigenvalue weighted by Gasteiger charge is 2.26. The lowest BCUT2D eigenvalue weighted by molar-refractivity contribution is 1.07. The van der Waals surface area contributed by atoms with Gasteiger partial charge in [0.25, 0.3) is 0 Å². The van der Waals surface area contributed by atoms with Crippen molar-refractivity contribution in [3.63, 3.8) is 0 Å². The zero-order valence-electron chi connectivity index (χ0n) is 40.5. The van der Waals surface area contributed by atoms with E-state index in [4.69, 9.17) is 15.0 Å². The smallest absolute Gasteiger partial charge is 0.164 e. The van der Waals surface area contributed by atoms with Crippen molar-refractivity contribution in [2.24, 2.45) is 0 Å². The summed E-state index contributed by atoms with van der Waals surface area (Å²) in [5, 5.41) is 7.55. The zero-order valence-corrected chi connectivity index (χ0v) is 41.3. The molecule has 0 aliphatic carbocycles. The Hall–Kier alpha value is -9.75. The van der Waals surface area contributed by atoms with Gasteiger partial charge in [-0.3, -0.25) is 0 Å². The van der Waals surface area contributed by atoms with Gasteiger partial charge in [0.15, 0.2) is 17.5 Å². The van der Waals surface area contributed by atoms with Gasteiger partial charge in [-0.15, -0.1) is 11.3 Å². The van der Waals surface area contributed by atoms with Crippen LogP contribution in [0.5, 0.6) is 0 Å². The third kappa shape index (κ3) is 7.03. The standard InChI is InChI=1S/C69H43N5S/c1-6-20-44(21-7-1)45-34-36-49(37-35-45)68-70-67(48-26-12-4-13-27-48)71-69(72-68)50-42-56(46-22-8-2-9-23-46)64(57(43-50)47-24-10-3-11-25-47)74-59-33-19-17-31-55(59)63-61(74)41-39-53-52-38-40-60-62(65(52)75-66(53)63)54-30-16-18-32-58(54)73(60)51-28-14-5-15-29-51/h1-43H. The van der Waals surface area contributed by atoms with E-state index in [1.807, 2.05) is 35.6 Å². The number of nitrogens with zero attached hydrogens (tertiary/aromatic N) is 5. The van der Waals surface area contributed by atoms with Gasteiger partial charge in [-0.1, -0.05) is 212 Å². The number of fused-ring (bicyclic) bond motifs is 11. The van der Waals surface area contributed by atoms with E-state index in [9.17, 15) is 0 Å². The summed E-state index contributed by atoms with van der Waals surface area (Å²) in [6.45, 7) is 0. The Bertz CT molecular complexity index is 4600. The quantitative estimate of drug-likeness (QED) is 0.152. The Morgan fingerprint density at radius 2 is 0.640 bits per heavy atom. The van der Waals surface area contributed by atoms with Gasteiger partial charge in [-0.25, -0.2) is 15.0 Å². The van der Waals surface area contributed by atoms with E-state index in [1.165, 1.54) is 52.8 Å². The molecule has 15 aromatic rings. The molecule has 0 fully saturated rings. The predicted octanol–water partition coefficient (Wildman–Crippen LogP) is 18.4. The second-order valence-corrected chi connectivity index (χ2v) is 20.1. The third-order valence-corrected chi connectivity index (χ3v) is 16.0. The molecule has 75 heavy (non-hydrogen) atoms. The molecule has 0 saturated heterocycles. The van der Waals surface area contributed by atoms with E-state index in [0.29, 0.717) is 17.5 Å². The van der Waals surface area contributed by atoms with Gasteiger partial charge in [0.2, 0.25) is 0 Å². The summed E-state index contributed by atoms with van der Waals surface area (Å²) in [7, 11) is 0. The SMILES string of the molecule is c1ccc(-c2ccc(-c3nc(-c4ccccc4)nc(-c4cc(-c5ccccc5)c(-n5c6ccccc6c6c7sc8c(ccc9c8c8ccccc8n9-c8ccccc8)c7ccc65)c(-c5ccccc5)c4)n3)cc2)cc1. The molecule has 0 amide bonds. The molecule has 4 aromatic heterocycles. The normalized spacial score (nSPS) is 11.7. The number of hydrogen-bond acceptors (Lipinski definition) is 4. The van der Waals surface area contributed by atoms with E-state index in [-0.39, 0.29) is 0 Å². The van der Waals surface area contributed by atoms with Crippen LogP contribution in [-0.2, 0) is 0 Å². The van der Waals surface area contributed by atoms with Crippen LogP contribution < -0.4 is 0 Å². The summed E-state index contributed by atoms with van der Waals surface area (Å²) < 4.78 is 7.51. The van der Waals surface area contributed by atoms with Crippen LogP contribution in [0.4, 0.5) is 0 Å². The monoisotopic (exact) mass is 973 g/mol. The van der Waals surface area contributed by atoms with Crippen molar-refractivity contribution in [3.05, 3.63) is 261 Å². The minimum absolute atomic E-state index is 0.598. The van der Waals surface area contributed by atoms with Crippen LogP contribution in [0.2, 0.25) is 0 Å². The van der Waals surface area contributed by atoms with E-state index in [2.05, 4.69) is 246 Å². The molecular formula is C69H43N5S. The van der Waals surface area contributed by atoms with Crippen molar-refractivity contribution in [2.45, 2.75) is 0 Å². The zero-order chi connectivity index (χ0) is 49.4. The molecule has 0 saturated carbocycles. The Balaban J connectivity index is 0.999. The van der Waals surface area contributed by atoms with Gasteiger partial charge in [-0.05, 0) is 70.8 Å². The number of rotatable bonds is 8. The molecule has 11 aromatic carbocycles. The second-order valence-electron chi connectivity index (χ2n) is 19.1. The van der Waals surface area contributed by atoms with E-state index in [1.54, 1.807) is 0 Å². The first-order valence-electron chi connectivity index (χ1n) is 25.3. The maximum absolute atomic E-state index is 5.35. The van der Waals surface area contributed by atoms with Crippen molar-refractivity contribution in [2.75, 3.05) is 0 Å². The summed E-state index contributed by atoms with van der Waals surface area (Å²) in [4.78, 5) is 15.8. The molecule has 0 unspecified atom stereocenters. The molecule has 6 heteroatoms. The molecule has 0 aliphatic heterocycles. The number of hydrogen-bond donors (Lipinski definition) is 0. The van der Waals surface area contributed by atoms with Crippen LogP contribution in [0, 0.1) is 0 Å². The van der Waals surface area contributed by atoms with E-state index < -0.39 is 0 Å². The summed E-state index contributed by atoms with van der Waals surface area (Å²) in [6, 6.07) is 93.3. The van der Waals surface area contributed by atoms with Crippen molar-refractivity contribution in [3.8, 4) is 78.9 Å². The van der Waals surface area contributed by atoms with Crippen LogP contribution >= 0.6 is 11.3 Å². The molecule has 0 N–H and O–H groups in total. The predicted molar refractivity (Wildman–Crippen MR) is 314 cm³/mol. The number of para-hydroxylation sites is 3. The molecule has 0 atom stereocenters. The minimum atomic E-state index is 0.598. The average molecular weight is 974 g/mol. The first kappa shape index (κ1) is 42.9. The molecule has 0 aliphatic rings.